The van der Waals surface area contributed by atoms with Gasteiger partial charge in [0.25, 0.3) is 6.71 Å². The van der Waals surface area contributed by atoms with Crippen molar-refractivity contribution in [2.75, 3.05) is 9.80 Å². The van der Waals surface area contributed by atoms with Crippen LogP contribution in [0, 0.1) is 24.2 Å². The molecule has 0 radical (unpaired) electrons. The second-order valence-electron chi connectivity index (χ2n) is 23.9. The maximum atomic E-state index is 2.98. The number of benzene rings is 4. The molecule has 64 heavy (non-hydrogen) atoms. The van der Waals surface area contributed by atoms with Gasteiger partial charge in [0.1, 0.15) is 0 Å². The molecular formula is C61H85BN2. The molecule has 1 fully saturated rings. The number of nitrogens with zero attached hydrogens (tertiary/aromatic N) is 2. The van der Waals surface area contributed by atoms with Crippen molar-refractivity contribution in [3.63, 3.8) is 0 Å². The average molecular weight is 857 g/mol. The molecule has 2 nitrogen and oxygen atoms in total. The molecule has 9 rings (SSSR count). The molecule has 1 unspecified atom stereocenters. The first-order chi connectivity index (χ1) is 30.7. The smallest absolute Gasteiger partial charge is 0.252 e. The van der Waals surface area contributed by atoms with Crippen molar-refractivity contribution in [2.45, 2.75) is 221 Å². The normalized spacial score (nSPS) is 22.6. The maximum Gasteiger partial charge on any atom is 0.252 e. The molecule has 0 spiro atoms. The van der Waals surface area contributed by atoms with Gasteiger partial charge in [-0.25, -0.2) is 0 Å². The van der Waals surface area contributed by atoms with Crippen LogP contribution in [0.25, 0.3) is 0 Å². The summed E-state index contributed by atoms with van der Waals surface area (Å²) in [5, 5.41) is 0. The topological polar surface area (TPSA) is 6.48 Å². The molecule has 342 valence electrons. The first-order valence-electron chi connectivity index (χ1n) is 26.9. The zero-order chi connectivity index (χ0) is 45.1. The Balaban J connectivity index is 1.32. The number of anilines is 4. The van der Waals surface area contributed by atoms with Gasteiger partial charge in [-0.15, -0.1) is 0 Å². The summed E-state index contributed by atoms with van der Waals surface area (Å²) in [4.78, 5) is 5.94. The van der Waals surface area contributed by atoms with E-state index in [1.54, 1.807) is 27.5 Å². The highest BCUT2D eigenvalue weighted by Crippen LogP contribution is 2.53. The first-order valence-corrected chi connectivity index (χ1v) is 26.9. The predicted octanol–water partition coefficient (Wildman–Crippen LogP) is 15.2. The van der Waals surface area contributed by atoms with E-state index in [0.717, 1.165) is 0 Å². The Hall–Kier alpha value is -3.46. The van der Waals surface area contributed by atoms with Crippen molar-refractivity contribution in [3.8, 4) is 0 Å². The van der Waals surface area contributed by atoms with Crippen LogP contribution < -0.4 is 26.2 Å². The zero-order valence-corrected chi connectivity index (χ0v) is 42.5. The maximum absolute atomic E-state index is 2.98. The number of aryl methyl sites for hydroxylation is 1. The Bertz CT molecular complexity index is 2330. The van der Waals surface area contributed by atoms with Gasteiger partial charge < -0.3 is 9.80 Å². The fourth-order valence-corrected chi connectivity index (χ4v) is 14.3. The van der Waals surface area contributed by atoms with Gasteiger partial charge in [-0.2, -0.15) is 0 Å². The standard InChI is InChI=1S/C61H85BN2/c1-12-14-16-23-29-46(28-15-13-2)64-54-36-45-40-59(6,7)39-44(45)35-52(54)62-53-37-50-51(61(10,11)49-32-26-25-31-48(49)60(50,8)9)38-55(53)63(56-33-41(3)34-57(64)58(56)62)43(5)47-30-24-21-19-17-18-20-22-27-42(47)4/h25-26,31-38,42-43,46-47H,12-24,27-30,39-40H2,1-11H3/t42-,43-,46?,47-/m1/s1. The second-order valence-corrected chi connectivity index (χ2v) is 23.9. The zero-order valence-electron chi connectivity index (χ0n) is 42.5. The minimum atomic E-state index is -0.109. The molecule has 4 atom stereocenters. The fourth-order valence-electron chi connectivity index (χ4n) is 14.3. The molecule has 0 amide bonds. The van der Waals surface area contributed by atoms with Crippen LogP contribution in [0.1, 0.15) is 217 Å². The number of hydrogen-bond acceptors (Lipinski definition) is 2. The molecule has 3 heteroatoms. The molecule has 0 N–H and O–H groups in total. The summed E-state index contributed by atoms with van der Waals surface area (Å²) in [6.07, 6.45) is 25.1. The summed E-state index contributed by atoms with van der Waals surface area (Å²) in [5.74, 6) is 1.33. The van der Waals surface area contributed by atoms with E-state index >= 15 is 0 Å². The summed E-state index contributed by atoms with van der Waals surface area (Å²) < 4.78 is 0. The fraction of sp³-hybridized carbons (Fsp3) is 0.607. The van der Waals surface area contributed by atoms with E-state index in [1.165, 1.54) is 173 Å². The minimum absolute atomic E-state index is 0.108. The highest BCUT2D eigenvalue weighted by atomic mass is 15.2. The number of fused-ring (bicyclic) bond motifs is 7. The van der Waals surface area contributed by atoms with Crippen molar-refractivity contribution in [3.05, 3.63) is 99.6 Å². The minimum Gasteiger partial charge on any atom is -0.339 e. The summed E-state index contributed by atoms with van der Waals surface area (Å²) >= 11 is 0. The Labute approximate surface area is 391 Å². The van der Waals surface area contributed by atoms with Crippen molar-refractivity contribution < 1.29 is 0 Å². The van der Waals surface area contributed by atoms with Crippen LogP contribution in [0.2, 0.25) is 0 Å². The van der Waals surface area contributed by atoms with Gasteiger partial charge in [-0.05, 0) is 143 Å². The van der Waals surface area contributed by atoms with Gasteiger partial charge in [-0.3, -0.25) is 0 Å². The van der Waals surface area contributed by atoms with Gasteiger partial charge in [0.05, 0.1) is 0 Å². The first kappa shape index (κ1) is 45.7. The van der Waals surface area contributed by atoms with Gasteiger partial charge in [0.2, 0.25) is 0 Å². The van der Waals surface area contributed by atoms with E-state index in [0.29, 0.717) is 23.9 Å². The highest BCUT2D eigenvalue weighted by molar-refractivity contribution is 7.00. The average Bonchev–Trinajstić information content (AvgIpc) is 3.55. The summed E-state index contributed by atoms with van der Waals surface area (Å²) in [6.45, 7) is 27.7. The van der Waals surface area contributed by atoms with E-state index in [1.807, 2.05) is 0 Å². The molecule has 2 heterocycles. The van der Waals surface area contributed by atoms with Crippen molar-refractivity contribution >= 4 is 45.9 Å². The van der Waals surface area contributed by atoms with Crippen LogP contribution in [0.5, 0.6) is 0 Å². The van der Waals surface area contributed by atoms with Gasteiger partial charge in [0.15, 0.2) is 0 Å². The molecule has 5 aliphatic rings. The van der Waals surface area contributed by atoms with E-state index < -0.39 is 0 Å². The van der Waals surface area contributed by atoms with Gasteiger partial charge in [0, 0.05) is 45.7 Å². The van der Waals surface area contributed by atoms with Crippen molar-refractivity contribution in [1.29, 1.82) is 0 Å². The third kappa shape index (κ3) is 8.01. The van der Waals surface area contributed by atoms with E-state index in [-0.39, 0.29) is 23.0 Å². The molecule has 1 saturated carbocycles. The van der Waals surface area contributed by atoms with Gasteiger partial charge >= 0.3 is 0 Å². The molecule has 3 aliphatic carbocycles. The molecular weight excluding hydrogens is 771 g/mol. The Kier molecular flexibility index (Phi) is 12.8. The summed E-state index contributed by atoms with van der Waals surface area (Å²) in [6, 6.07) is 26.6. The van der Waals surface area contributed by atoms with Crippen LogP contribution >= 0.6 is 0 Å². The van der Waals surface area contributed by atoms with Crippen LogP contribution in [-0.2, 0) is 23.7 Å². The molecule has 2 aliphatic heterocycles. The van der Waals surface area contributed by atoms with Crippen LogP contribution in [-0.4, -0.2) is 18.8 Å². The SMILES string of the molecule is CCCCCCC(CCCC)N1c2cc3c(cc2B2c4cc5c(cc4N([C@H](C)[C@@H]4CCCCCCCCC[C@H]4C)c4cc(C)cc1c42)C(C)(C)c1ccccc1C5(C)C)CC(C)(C)C3. The third-order valence-electron chi connectivity index (χ3n) is 17.8. The molecule has 4 aromatic carbocycles. The van der Waals surface area contributed by atoms with E-state index in [4.69, 9.17) is 0 Å². The van der Waals surface area contributed by atoms with Crippen LogP contribution in [0.4, 0.5) is 22.7 Å². The predicted molar refractivity (Wildman–Crippen MR) is 281 cm³/mol. The van der Waals surface area contributed by atoms with Crippen LogP contribution in [0.15, 0.2) is 60.7 Å². The largest absolute Gasteiger partial charge is 0.339 e. The van der Waals surface area contributed by atoms with E-state index in [9.17, 15) is 0 Å². The van der Waals surface area contributed by atoms with Crippen molar-refractivity contribution in [1.82, 2.24) is 0 Å². The Morgan fingerprint density at radius 1 is 0.594 bits per heavy atom. The molecule has 0 aromatic heterocycles. The van der Waals surface area contributed by atoms with Gasteiger partial charge in [-0.1, -0.05) is 189 Å². The number of unbranched alkanes of at least 4 members (excludes halogenated alkanes) is 4. The number of rotatable bonds is 11. The number of hydrogen-bond donors (Lipinski definition) is 0. The quantitative estimate of drug-likeness (QED) is 0.110. The van der Waals surface area contributed by atoms with Crippen molar-refractivity contribution in [2.24, 2.45) is 17.3 Å². The molecule has 0 bridgehead atoms. The Morgan fingerprint density at radius 3 is 1.80 bits per heavy atom. The summed E-state index contributed by atoms with van der Waals surface area (Å²) in [5.41, 5.74) is 21.5. The third-order valence-corrected chi connectivity index (χ3v) is 17.8. The lowest BCUT2D eigenvalue weighted by Crippen LogP contribution is -2.64. The lowest BCUT2D eigenvalue weighted by atomic mass is 9.32. The lowest BCUT2D eigenvalue weighted by molar-refractivity contribution is 0.265. The lowest BCUT2D eigenvalue weighted by Gasteiger charge is -2.51. The summed E-state index contributed by atoms with van der Waals surface area (Å²) in [7, 11) is 0. The Morgan fingerprint density at radius 2 is 1.14 bits per heavy atom. The second kappa shape index (κ2) is 18.0. The van der Waals surface area contributed by atoms with Crippen LogP contribution in [0.3, 0.4) is 0 Å². The van der Waals surface area contributed by atoms with E-state index in [2.05, 4.69) is 147 Å². The monoisotopic (exact) mass is 857 g/mol. The molecule has 4 aromatic rings. The highest BCUT2D eigenvalue weighted by Gasteiger charge is 2.50. The molecule has 0 saturated heterocycles.